The minimum Gasteiger partial charge on any atom is -0.496 e. The normalized spacial score (nSPS) is 15.0. The number of aldehydes is 1. The minimum absolute atomic E-state index is 0.258. The Bertz CT molecular complexity index is 1030. The van der Waals surface area contributed by atoms with Gasteiger partial charge in [0.05, 0.1) is 13.7 Å². The number of carboxylic acid groups (broad SMARTS) is 1. The molecule has 2 aromatic rings. The molecule has 0 aliphatic carbocycles. The van der Waals surface area contributed by atoms with E-state index in [0.29, 0.717) is 30.8 Å². The van der Waals surface area contributed by atoms with Gasteiger partial charge in [0.15, 0.2) is 0 Å². The highest BCUT2D eigenvalue weighted by atomic mass is 16.6. The van der Waals surface area contributed by atoms with Crippen molar-refractivity contribution in [3.05, 3.63) is 36.4 Å². The van der Waals surface area contributed by atoms with Gasteiger partial charge in [-0.3, -0.25) is 19.4 Å². The second-order valence-corrected chi connectivity index (χ2v) is 7.49. The third kappa shape index (κ3) is 5.40. The van der Waals surface area contributed by atoms with E-state index in [1.807, 2.05) is 24.3 Å². The number of rotatable bonds is 8. The van der Waals surface area contributed by atoms with Crippen LogP contribution in [0.15, 0.2) is 36.4 Å². The van der Waals surface area contributed by atoms with Crippen LogP contribution in [0.25, 0.3) is 10.8 Å². The predicted molar refractivity (Wildman–Crippen MR) is 121 cm³/mol. The van der Waals surface area contributed by atoms with Gasteiger partial charge in [0.1, 0.15) is 24.6 Å². The fourth-order valence-electron chi connectivity index (χ4n) is 3.87. The zero-order valence-corrected chi connectivity index (χ0v) is 18.6. The van der Waals surface area contributed by atoms with Crippen molar-refractivity contribution in [2.24, 2.45) is 0 Å². The van der Waals surface area contributed by atoms with Gasteiger partial charge in [-0.1, -0.05) is 24.3 Å². The molecule has 1 atom stereocenters. The Balaban J connectivity index is 1.87. The Labute approximate surface area is 191 Å². The monoisotopic (exact) mass is 457 g/mol. The highest BCUT2D eigenvalue weighted by Gasteiger charge is 2.34. The number of ether oxygens (including phenoxy) is 2. The van der Waals surface area contributed by atoms with Gasteiger partial charge < -0.3 is 24.3 Å². The summed E-state index contributed by atoms with van der Waals surface area (Å²) in [6, 6.07) is 9.46. The first-order chi connectivity index (χ1) is 15.9. The maximum absolute atomic E-state index is 13.4. The first-order valence-corrected chi connectivity index (χ1v) is 10.6. The zero-order chi connectivity index (χ0) is 24.0. The lowest BCUT2D eigenvalue weighted by Gasteiger charge is -2.37. The fraction of sp³-hybridized carbons (Fsp3) is 0.391. The molecule has 1 heterocycles. The van der Waals surface area contributed by atoms with Gasteiger partial charge in [-0.25, -0.2) is 4.79 Å². The van der Waals surface area contributed by atoms with Crippen molar-refractivity contribution in [2.45, 2.75) is 13.0 Å². The predicted octanol–water partition coefficient (Wildman–Crippen LogP) is 1.61. The van der Waals surface area contributed by atoms with Crippen molar-refractivity contribution >= 4 is 40.7 Å². The quantitative estimate of drug-likeness (QED) is 0.469. The third-order valence-corrected chi connectivity index (χ3v) is 5.52. The first kappa shape index (κ1) is 24.0. The lowest BCUT2D eigenvalue weighted by atomic mass is 10.1. The van der Waals surface area contributed by atoms with Crippen LogP contribution in [0, 0.1) is 0 Å². The van der Waals surface area contributed by atoms with E-state index in [1.165, 1.54) is 12.0 Å². The van der Waals surface area contributed by atoms with E-state index in [1.54, 1.807) is 24.0 Å². The van der Waals surface area contributed by atoms with Crippen LogP contribution in [-0.4, -0.2) is 91.6 Å². The molecule has 176 valence electrons. The average Bonchev–Trinajstić information content (AvgIpc) is 2.82. The number of hydrogen-bond acceptors (Lipinski definition) is 7. The van der Waals surface area contributed by atoms with E-state index >= 15 is 0 Å². The van der Waals surface area contributed by atoms with Crippen molar-refractivity contribution in [1.82, 2.24) is 9.80 Å². The van der Waals surface area contributed by atoms with Gasteiger partial charge in [0.25, 0.3) is 5.91 Å². The summed E-state index contributed by atoms with van der Waals surface area (Å²) < 4.78 is 10.4. The second-order valence-electron chi connectivity index (χ2n) is 7.49. The number of benzene rings is 2. The summed E-state index contributed by atoms with van der Waals surface area (Å²) in [5, 5.41) is 11.0. The summed E-state index contributed by atoms with van der Waals surface area (Å²) in [5.74, 6) is -1.39. The van der Waals surface area contributed by atoms with E-state index in [2.05, 4.69) is 0 Å². The molecule has 0 bridgehead atoms. The SMILES string of the molecule is CCOC(=O)N1CCN(C(C=O)C(=O)N(CC(=O)O)c2cc(OC)c3ccccc3c2)CC1. The standard InChI is InChI=1S/C23H27N3O7/c1-3-33-23(31)25-10-8-24(9-11-25)19(15-27)22(30)26(14-21(28)29)17-12-16-6-4-5-7-18(16)20(13-17)32-2/h4-7,12-13,15,19H,3,8-11,14H2,1-2H3,(H,28,29). The second kappa shape index (κ2) is 10.8. The molecule has 1 unspecified atom stereocenters. The van der Waals surface area contributed by atoms with Crippen LogP contribution in [-0.2, 0) is 19.1 Å². The van der Waals surface area contributed by atoms with Crippen molar-refractivity contribution in [1.29, 1.82) is 0 Å². The van der Waals surface area contributed by atoms with Gasteiger partial charge in [-0.05, 0) is 18.4 Å². The lowest BCUT2D eigenvalue weighted by molar-refractivity contribution is -0.138. The number of methoxy groups -OCH3 is 1. The fourth-order valence-corrected chi connectivity index (χ4v) is 3.87. The van der Waals surface area contributed by atoms with E-state index in [4.69, 9.17) is 9.47 Å². The Hall–Kier alpha value is -3.66. The number of hydrogen-bond donors (Lipinski definition) is 1. The minimum atomic E-state index is -1.22. The van der Waals surface area contributed by atoms with E-state index in [0.717, 1.165) is 15.7 Å². The molecule has 33 heavy (non-hydrogen) atoms. The number of carboxylic acids is 1. The van der Waals surface area contributed by atoms with Crippen LogP contribution < -0.4 is 9.64 Å². The maximum atomic E-state index is 13.4. The van der Waals surface area contributed by atoms with Crippen LogP contribution in [0.5, 0.6) is 5.75 Å². The number of carbonyl (C=O) groups is 4. The Morgan fingerprint density at radius 2 is 1.85 bits per heavy atom. The molecule has 3 rings (SSSR count). The zero-order valence-electron chi connectivity index (χ0n) is 18.6. The topological polar surface area (TPSA) is 117 Å². The first-order valence-electron chi connectivity index (χ1n) is 10.6. The van der Waals surface area contributed by atoms with Gasteiger partial charge in [-0.2, -0.15) is 0 Å². The number of piperazine rings is 1. The molecule has 1 saturated heterocycles. The number of aliphatic carboxylic acids is 1. The summed E-state index contributed by atoms with van der Waals surface area (Å²) in [6.07, 6.45) is 0.0667. The maximum Gasteiger partial charge on any atom is 0.409 e. The molecule has 1 aliphatic rings. The summed E-state index contributed by atoms with van der Waals surface area (Å²) in [6.45, 7) is 2.49. The van der Waals surface area contributed by atoms with Crippen LogP contribution in [0.3, 0.4) is 0 Å². The molecule has 0 spiro atoms. The number of fused-ring (bicyclic) bond motifs is 1. The molecule has 0 saturated carbocycles. The summed E-state index contributed by atoms with van der Waals surface area (Å²) in [7, 11) is 1.49. The molecule has 0 radical (unpaired) electrons. The summed E-state index contributed by atoms with van der Waals surface area (Å²) in [5.41, 5.74) is 0.315. The third-order valence-electron chi connectivity index (χ3n) is 5.52. The largest absolute Gasteiger partial charge is 0.496 e. The molecule has 1 aliphatic heterocycles. The van der Waals surface area contributed by atoms with E-state index in [-0.39, 0.29) is 19.7 Å². The molecule has 1 fully saturated rings. The van der Waals surface area contributed by atoms with E-state index < -0.39 is 30.6 Å². The molecule has 1 N–H and O–H groups in total. The summed E-state index contributed by atoms with van der Waals surface area (Å²) >= 11 is 0. The van der Waals surface area contributed by atoms with Crippen LogP contribution in [0.1, 0.15) is 6.92 Å². The smallest absolute Gasteiger partial charge is 0.409 e. The molecule has 10 nitrogen and oxygen atoms in total. The van der Waals surface area contributed by atoms with Crippen LogP contribution >= 0.6 is 0 Å². The molecular formula is C23H27N3O7. The molecule has 0 aromatic heterocycles. The van der Waals surface area contributed by atoms with Crippen LogP contribution in [0.4, 0.5) is 10.5 Å². The van der Waals surface area contributed by atoms with Gasteiger partial charge in [-0.15, -0.1) is 0 Å². The summed E-state index contributed by atoms with van der Waals surface area (Å²) in [4.78, 5) is 53.1. The molecule has 2 amide bonds. The van der Waals surface area contributed by atoms with E-state index in [9.17, 15) is 24.3 Å². The number of anilines is 1. The number of nitrogens with zero attached hydrogens (tertiary/aromatic N) is 3. The molecule has 10 heteroatoms. The van der Waals surface area contributed by atoms with Gasteiger partial charge >= 0.3 is 12.1 Å². The lowest BCUT2D eigenvalue weighted by Crippen LogP contribution is -2.57. The average molecular weight is 457 g/mol. The Kier molecular flexibility index (Phi) is 7.83. The molecular weight excluding hydrogens is 430 g/mol. The van der Waals surface area contributed by atoms with Crippen molar-refractivity contribution in [3.63, 3.8) is 0 Å². The Morgan fingerprint density at radius 1 is 1.15 bits per heavy atom. The number of carbonyl (C=O) groups excluding carboxylic acids is 3. The Morgan fingerprint density at radius 3 is 2.45 bits per heavy atom. The van der Waals surface area contributed by atoms with Crippen molar-refractivity contribution < 1.29 is 33.8 Å². The highest BCUT2D eigenvalue weighted by Crippen LogP contribution is 2.32. The molecule has 2 aromatic carbocycles. The van der Waals surface area contributed by atoms with Crippen molar-refractivity contribution in [3.8, 4) is 5.75 Å². The van der Waals surface area contributed by atoms with Crippen LogP contribution in [0.2, 0.25) is 0 Å². The van der Waals surface area contributed by atoms with Crippen molar-refractivity contribution in [2.75, 3.05) is 51.3 Å². The highest BCUT2D eigenvalue weighted by molar-refractivity contribution is 6.09. The number of amides is 2. The van der Waals surface area contributed by atoms with Gasteiger partial charge in [0, 0.05) is 43.3 Å². The van der Waals surface area contributed by atoms with Gasteiger partial charge in [0.2, 0.25) is 0 Å².